The second-order valence-corrected chi connectivity index (χ2v) is 5.92. The number of halogens is 4. The Morgan fingerprint density at radius 2 is 2.00 bits per heavy atom. The standard InChI is InChI=1S/C15H19BrF3NO/c1-3-4-5-6-10(2)20-14(21)12-9-11(15(17,18)19)7-8-13(12)16/h7-10H,3-6H2,1-2H3,(H,20,21). The van der Waals surface area contributed by atoms with Gasteiger partial charge in [0.2, 0.25) is 0 Å². The first-order valence-electron chi connectivity index (χ1n) is 6.93. The monoisotopic (exact) mass is 365 g/mol. The van der Waals surface area contributed by atoms with E-state index >= 15 is 0 Å². The molecule has 0 spiro atoms. The number of hydrogen-bond donors (Lipinski definition) is 1. The third kappa shape index (κ3) is 5.69. The van der Waals surface area contributed by atoms with E-state index in [1.54, 1.807) is 0 Å². The summed E-state index contributed by atoms with van der Waals surface area (Å²) < 4.78 is 38.4. The molecular formula is C15H19BrF3NO. The first-order chi connectivity index (χ1) is 9.75. The Bertz CT molecular complexity index is 488. The molecule has 0 bridgehead atoms. The minimum Gasteiger partial charge on any atom is -0.350 e. The van der Waals surface area contributed by atoms with Crippen molar-refractivity contribution in [2.45, 2.75) is 51.7 Å². The van der Waals surface area contributed by atoms with E-state index in [-0.39, 0.29) is 11.6 Å². The summed E-state index contributed by atoms with van der Waals surface area (Å²) in [5.74, 6) is -0.489. The molecule has 1 rings (SSSR count). The highest BCUT2D eigenvalue weighted by Gasteiger charge is 2.31. The van der Waals surface area contributed by atoms with Crippen molar-refractivity contribution in [1.82, 2.24) is 5.32 Å². The fourth-order valence-corrected chi connectivity index (χ4v) is 2.38. The normalized spacial score (nSPS) is 13.0. The molecule has 118 valence electrons. The average molecular weight is 366 g/mol. The minimum atomic E-state index is -4.46. The largest absolute Gasteiger partial charge is 0.416 e. The van der Waals surface area contributed by atoms with Crippen molar-refractivity contribution in [3.63, 3.8) is 0 Å². The third-order valence-electron chi connectivity index (χ3n) is 3.16. The average Bonchev–Trinajstić information content (AvgIpc) is 2.37. The van der Waals surface area contributed by atoms with Crippen molar-refractivity contribution in [1.29, 1.82) is 0 Å². The topological polar surface area (TPSA) is 29.1 Å². The summed E-state index contributed by atoms with van der Waals surface area (Å²) >= 11 is 3.12. The van der Waals surface area contributed by atoms with Crippen molar-refractivity contribution < 1.29 is 18.0 Å². The van der Waals surface area contributed by atoms with E-state index in [4.69, 9.17) is 0 Å². The fourth-order valence-electron chi connectivity index (χ4n) is 1.95. The summed E-state index contributed by atoms with van der Waals surface area (Å²) in [6, 6.07) is 3.01. The molecule has 1 unspecified atom stereocenters. The van der Waals surface area contributed by atoms with Crippen LogP contribution in [0, 0.1) is 0 Å². The van der Waals surface area contributed by atoms with Gasteiger partial charge in [-0.05, 0) is 47.5 Å². The van der Waals surface area contributed by atoms with Gasteiger partial charge in [-0.3, -0.25) is 4.79 Å². The Kier molecular flexibility index (Phi) is 6.71. The first kappa shape index (κ1) is 18.0. The number of unbranched alkanes of at least 4 members (excludes halogenated alkanes) is 2. The van der Waals surface area contributed by atoms with Gasteiger partial charge in [-0.2, -0.15) is 13.2 Å². The maximum absolute atomic E-state index is 12.7. The summed E-state index contributed by atoms with van der Waals surface area (Å²) in [6.07, 6.45) is -0.492. The van der Waals surface area contributed by atoms with Gasteiger partial charge in [0.05, 0.1) is 11.1 Å². The van der Waals surface area contributed by atoms with Gasteiger partial charge in [-0.1, -0.05) is 26.2 Å². The van der Waals surface area contributed by atoms with Crippen LogP contribution in [-0.2, 0) is 6.18 Å². The molecule has 21 heavy (non-hydrogen) atoms. The van der Waals surface area contributed by atoms with E-state index in [2.05, 4.69) is 28.2 Å². The fraction of sp³-hybridized carbons (Fsp3) is 0.533. The van der Waals surface area contributed by atoms with E-state index in [0.717, 1.165) is 37.8 Å². The maximum Gasteiger partial charge on any atom is 0.416 e. The first-order valence-corrected chi connectivity index (χ1v) is 7.72. The predicted octanol–water partition coefficient (Wildman–Crippen LogP) is 5.17. The summed E-state index contributed by atoms with van der Waals surface area (Å²) in [5.41, 5.74) is -0.818. The number of carbonyl (C=O) groups is 1. The number of nitrogens with one attached hydrogen (secondary N) is 1. The minimum absolute atomic E-state index is 0.00664. The molecule has 0 fully saturated rings. The Morgan fingerprint density at radius 3 is 2.57 bits per heavy atom. The van der Waals surface area contributed by atoms with Crippen LogP contribution < -0.4 is 5.32 Å². The lowest BCUT2D eigenvalue weighted by Gasteiger charge is -2.15. The molecule has 6 heteroatoms. The summed E-state index contributed by atoms with van der Waals surface area (Å²) in [7, 11) is 0. The molecular weight excluding hydrogens is 347 g/mol. The van der Waals surface area contributed by atoms with Gasteiger partial charge in [0.15, 0.2) is 0 Å². The molecule has 0 radical (unpaired) electrons. The van der Waals surface area contributed by atoms with E-state index in [1.165, 1.54) is 6.07 Å². The van der Waals surface area contributed by atoms with E-state index in [1.807, 2.05) is 6.92 Å². The molecule has 2 nitrogen and oxygen atoms in total. The highest BCUT2D eigenvalue weighted by Crippen LogP contribution is 2.31. The number of amides is 1. The van der Waals surface area contributed by atoms with E-state index in [9.17, 15) is 18.0 Å². The van der Waals surface area contributed by atoms with Crippen LogP contribution in [0.15, 0.2) is 22.7 Å². The van der Waals surface area contributed by atoms with Crippen molar-refractivity contribution in [2.24, 2.45) is 0 Å². The van der Waals surface area contributed by atoms with E-state index < -0.39 is 17.6 Å². The van der Waals surface area contributed by atoms with Gasteiger partial charge in [0.1, 0.15) is 0 Å². The zero-order valence-corrected chi connectivity index (χ0v) is 13.6. The number of carbonyl (C=O) groups excluding carboxylic acids is 1. The van der Waals surface area contributed by atoms with Crippen LogP contribution in [0.4, 0.5) is 13.2 Å². The van der Waals surface area contributed by atoms with Crippen LogP contribution in [-0.4, -0.2) is 11.9 Å². The molecule has 1 amide bonds. The molecule has 0 saturated heterocycles. The van der Waals surface area contributed by atoms with Crippen molar-refractivity contribution >= 4 is 21.8 Å². The van der Waals surface area contributed by atoms with Crippen LogP contribution in [0.1, 0.15) is 55.5 Å². The summed E-state index contributed by atoms with van der Waals surface area (Å²) in [4.78, 5) is 12.1. The molecule has 1 N–H and O–H groups in total. The Balaban J connectivity index is 2.78. The van der Waals surface area contributed by atoms with Crippen LogP contribution in [0.25, 0.3) is 0 Å². The number of alkyl halides is 3. The van der Waals surface area contributed by atoms with Crippen LogP contribution in [0.3, 0.4) is 0 Å². The summed E-state index contributed by atoms with van der Waals surface area (Å²) in [5, 5.41) is 2.74. The lowest BCUT2D eigenvalue weighted by molar-refractivity contribution is -0.137. The zero-order chi connectivity index (χ0) is 16.0. The Labute approximate surface area is 131 Å². The van der Waals surface area contributed by atoms with Crippen molar-refractivity contribution in [3.8, 4) is 0 Å². The number of rotatable bonds is 6. The van der Waals surface area contributed by atoms with Gasteiger partial charge >= 0.3 is 6.18 Å². The molecule has 0 heterocycles. The zero-order valence-electron chi connectivity index (χ0n) is 12.1. The molecule has 0 aromatic heterocycles. The van der Waals surface area contributed by atoms with Crippen LogP contribution in [0.5, 0.6) is 0 Å². The maximum atomic E-state index is 12.7. The van der Waals surface area contributed by atoms with Crippen molar-refractivity contribution in [2.75, 3.05) is 0 Å². The number of benzene rings is 1. The van der Waals surface area contributed by atoms with Crippen LogP contribution in [0.2, 0.25) is 0 Å². The van der Waals surface area contributed by atoms with Crippen molar-refractivity contribution in [3.05, 3.63) is 33.8 Å². The van der Waals surface area contributed by atoms with E-state index in [0.29, 0.717) is 4.47 Å². The molecule has 0 saturated carbocycles. The molecule has 0 aliphatic rings. The van der Waals surface area contributed by atoms with Gasteiger partial charge in [0, 0.05) is 10.5 Å². The SMILES string of the molecule is CCCCCC(C)NC(=O)c1cc(C(F)(F)F)ccc1Br. The van der Waals surface area contributed by atoms with Gasteiger partial charge in [-0.25, -0.2) is 0 Å². The molecule has 0 aliphatic heterocycles. The lowest BCUT2D eigenvalue weighted by Crippen LogP contribution is -2.32. The number of hydrogen-bond acceptors (Lipinski definition) is 1. The highest BCUT2D eigenvalue weighted by atomic mass is 79.9. The van der Waals surface area contributed by atoms with Crippen LogP contribution >= 0.6 is 15.9 Å². The third-order valence-corrected chi connectivity index (χ3v) is 3.85. The quantitative estimate of drug-likeness (QED) is 0.692. The smallest absolute Gasteiger partial charge is 0.350 e. The predicted molar refractivity (Wildman–Crippen MR) is 80.2 cm³/mol. The highest BCUT2D eigenvalue weighted by molar-refractivity contribution is 9.10. The van der Waals surface area contributed by atoms with Gasteiger partial charge in [-0.15, -0.1) is 0 Å². The molecule has 1 aromatic rings. The molecule has 1 aromatic carbocycles. The summed E-state index contributed by atoms with van der Waals surface area (Å²) in [6.45, 7) is 3.94. The molecule has 0 aliphatic carbocycles. The lowest BCUT2D eigenvalue weighted by atomic mass is 10.1. The van der Waals surface area contributed by atoms with Gasteiger partial charge in [0.25, 0.3) is 5.91 Å². The Morgan fingerprint density at radius 1 is 1.33 bits per heavy atom. The second-order valence-electron chi connectivity index (χ2n) is 5.06. The second kappa shape index (κ2) is 7.82. The Hall–Kier alpha value is -1.04. The van der Waals surface area contributed by atoms with Gasteiger partial charge < -0.3 is 5.32 Å². The molecule has 1 atom stereocenters.